The summed E-state index contributed by atoms with van der Waals surface area (Å²) in [6.45, 7) is 4.14. The number of benzene rings is 2. The van der Waals surface area contributed by atoms with Crippen LogP contribution in [0.15, 0.2) is 78.3 Å². The molecule has 2 heterocycles. The number of para-hydroxylation sites is 1. The normalized spacial score (nSPS) is 11.1. The third kappa shape index (κ3) is 5.94. The molecule has 2 aromatic carbocycles. The number of hydrogen-bond donors (Lipinski definition) is 2. The van der Waals surface area contributed by atoms with E-state index < -0.39 is 0 Å². The summed E-state index contributed by atoms with van der Waals surface area (Å²) in [6, 6.07) is 18.3. The smallest absolute Gasteiger partial charge is 0.194 e. The molecule has 0 bridgehead atoms. The molecule has 166 valence electrons. The molecule has 0 unspecified atom stereocenters. The number of hydrogen-bond acceptors (Lipinski definition) is 4. The predicted octanol–water partition coefficient (Wildman–Crippen LogP) is 3.87. The molecular weight excluding hydrogens is 515 g/mol. The van der Waals surface area contributed by atoms with E-state index in [1.807, 2.05) is 60.4 Å². The van der Waals surface area contributed by atoms with Crippen LogP contribution in [0, 0.1) is 0 Å². The first-order valence-electron chi connectivity index (χ1n) is 10.3. The maximum absolute atomic E-state index is 4.83. The van der Waals surface area contributed by atoms with Crippen molar-refractivity contribution in [2.24, 2.45) is 4.99 Å². The number of guanidine groups is 1. The molecule has 2 aromatic heterocycles. The van der Waals surface area contributed by atoms with E-state index in [0.29, 0.717) is 13.1 Å². The van der Waals surface area contributed by atoms with Gasteiger partial charge in [-0.2, -0.15) is 10.2 Å². The van der Waals surface area contributed by atoms with Gasteiger partial charge in [-0.1, -0.05) is 36.4 Å². The minimum atomic E-state index is 0. The van der Waals surface area contributed by atoms with Crippen LogP contribution in [0.3, 0.4) is 0 Å². The van der Waals surface area contributed by atoms with Crippen molar-refractivity contribution in [2.75, 3.05) is 13.6 Å². The highest BCUT2D eigenvalue weighted by molar-refractivity contribution is 14.0. The number of H-pyrrole nitrogens is 1. The summed E-state index contributed by atoms with van der Waals surface area (Å²) in [5.41, 5.74) is 4.26. The van der Waals surface area contributed by atoms with Crippen LogP contribution in [-0.4, -0.2) is 49.4 Å². The minimum Gasteiger partial charge on any atom is -0.357 e. The summed E-state index contributed by atoms with van der Waals surface area (Å²) < 4.78 is 1.89. The zero-order chi connectivity index (χ0) is 21.5. The lowest BCUT2D eigenvalue weighted by Gasteiger charge is -2.21. The second kappa shape index (κ2) is 11.4. The van der Waals surface area contributed by atoms with Crippen LogP contribution in [-0.2, 0) is 13.1 Å². The second-order valence-electron chi connectivity index (χ2n) is 7.19. The largest absolute Gasteiger partial charge is 0.357 e. The van der Waals surface area contributed by atoms with Crippen LogP contribution >= 0.6 is 24.0 Å². The standard InChI is InChI=1S/C23H26N8.HI/c1-3-24-23(25-13-18-8-7-9-20(12-18)22-26-17-27-29-22)30(2)15-19-14-28-31(16-19)21-10-5-4-6-11-21;/h4-12,14,16-17H,3,13,15H2,1-2H3,(H,24,25)(H,26,27,29);1H. The SMILES string of the molecule is CCNC(=NCc1cccc(-c2ncn[nH]2)c1)N(C)Cc1cnn(-c2ccccc2)c1.I. The number of halogens is 1. The maximum Gasteiger partial charge on any atom is 0.194 e. The second-order valence-corrected chi connectivity index (χ2v) is 7.19. The molecule has 0 aliphatic heterocycles. The highest BCUT2D eigenvalue weighted by Gasteiger charge is 2.09. The van der Waals surface area contributed by atoms with Crippen molar-refractivity contribution in [3.05, 3.63) is 84.4 Å². The Morgan fingerprint density at radius 2 is 1.97 bits per heavy atom. The van der Waals surface area contributed by atoms with Crippen LogP contribution in [0.25, 0.3) is 17.1 Å². The van der Waals surface area contributed by atoms with Gasteiger partial charge in [0, 0.05) is 37.5 Å². The summed E-state index contributed by atoms with van der Waals surface area (Å²) >= 11 is 0. The molecule has 4 rings (SSSR count). The number of aliphatic imine (C=N–C) groups is 1. The Bertz CT molecular complexity index is 1120. The highest BCUT2D eigenvalue weighted by Crippen LogP contribution is 2.16. The third-order valence-corrected chi connectivity index (χ3v) is 4.80. The van der Waals surface area contributed by atoms with Gasteiger partial charge in [-0.05, 0) is 30.7 Å². The van der Waals surface area contributed by atoms with Crippen molar-refractivity contribution in [2.45, 2.75) is 20.0 Å². The Morgan fingerprint density at radius 3 is 2.72 bits per heavy atom. The molecule has 0 saturated heterocycles. The molecule has 0 aliphatic rings. The fourth-order valence-corrected chi connectivity index (χ4v) is 3.31. The van der Waals surface area contributed by atoms with Gasteiger partial charge in [-0.15, -0.1) is 24.0 Å². The van der Waals surface area contributed by atoms with Gasteiger partial charge in [-0.3, -0.25) is 5.10 Å². The van der Waals surface area contributed by atoms with Gasteiger partial charge in [0.1, 0.15) is 6.33 Å². The van der Waals surface area contributed by atoms with Gasteiger partial charge in [0.15, 0.2) is 11.8 Å². The average molecular weight is 542 g/mol. The summed E-state index contributed by atoms with van der Waals surface area (Å²) in [5.74, 6) is 1.60. The molecule has 0 amide bonds. The molecule has 0 spiro atoms. The molecule has 9 heteroatoms. The lowest BCUT2D eigenvalue weighted by atomic mass is 10.1. The first kappa shape index (κ1) is 23.5. The summed E-state index contributed by atoms with van der Waals surface area (Å²) in [5, 5.41) is 14.7. The first-order chi connectivity index (χ1) is 15.2. The van der Waals surface area contributed by atoms with Crippen LogP contribution in [0.1, 0.15) is 18.1 Å². The van der Waals surface area contributed by atoms with Crippen molar-refractivity contribution in [1.82, 2.24) is 35.2 Å². The van der Waals surface area contributed by atoms with Crippen molar-refractivity contribution in [1.29, 1.82) is 0 Å². The van der Waals surface area contributed by atoms with E-state index in [4.69, 9.17) is 4.99 Å². The zero-order valence-electron chi connectivity index (χ0n) is 18.1. The monoisotopic (exact) mass is 542 g/mol. The Kier molecular flexibility index (Phi) is 8.37. The van der Waals surface area contributed by atoms with E-state index in [0.717, 1.165) is 40.7 Å². The number of nitrogens with one attached hydrogen (secondary N) is 2. The van der Waals surface area contributed by atoms with Crippen LogP contribution in [0.5, 0.6) is 0 Å². The Morgan fingerprint density at radius 1 is 1.12 bits per heavy atom. The molecule has 8 nitrogen and oxygen atoms in total. The summed E-state index contributed by atoms with van der Waals surface area (Å²) in [4.78, 5) is 11.2. The molecule has 0 radical (unpaired) electrons. The minimum absolute atomic E-state index is 0. The van der Waals surface area contributed by atoms with Crippen molar-refractivity contribution in [3.8, 4) is 17.1 Å². The lowest BCUT2D eigenvalue weighted by Crippen LogP contribution is -2.38. The van der Waals surface area contributed by atoms with Crippen LogP contribution < -0.4 is 5.32 Å². The number of aromatic nitrogens is 5. The van der Waals surface area contributed by atoms with E-state index in [-0.39, 0.29) is 24.0 Å². The fourth-order valence-electron chi connectivity index (χ4n) is 3.31. The van der Waals surface area contributed by atoms with E-state index >= 15 is 0 Å². The summed E-state index contributed by atoms with van der Waals surface area (Å²) in [6.07, 6.45) is 5.46. The maximum atomic E-state index is 4.83. The zero-order valence-corrected chi connectivity index (χ0v) is 20.5. The highest BCUT2D eigenvalue weighted by atomic mass is 127. The van der Waals surface area contributed by atoms with E-state index in [1.54, 1.807) is 0 Å². The van der Waals surface area contributed by atoms with Gasteiger partial charge in [0.2, 0.25) is 0 Å². The molecule has 0 fully saturated rings. The Labute approximate surface area is 204 Å². The lowest BCUT2D eigenvalue weighted by molar-refractivity contribution is 0.476. The van der Waals surface area contributed by atoms with E-state index in [1.165, 1.54) is 6.33 Å². The average Bonchev–Trinajstić information content (AvgIpc) is 3.50. The van der Waals surface area contributed by atoms with Crippen LogP contribution in [0.4, 0.5) is 0 Å². The van der Waals surface area contributed by atoms with Gasteiger partial charge in [-0.25, -0.2) is 14.7 Å². The molecule has 4 aromatic rings. The van der Waals surface area contributed by atoms with Crippen LogP contribution in [0.2, 0.25) is 0 Å². The number of nitrogens with zero attached hydrogens (tertiary/aromatic N) is 6. The predicted molar refractivity (Wildman–Crippen MR) is 137 cm³/mol. The topological polar surface area (TPSA) is 87.0 Å². The van der Waals surface area contributed by atoms with E-state index in [2.05, 4.69) is 55.8 Å². The van der Waals surface area contributed by atoms with Gasteiger partial charge < -0.3 is 10.2 Å². The Hall–Kier alpha value is -3.21. The summed E-state index contributed by atoms with van der Waals surface area (Å²) in [7, 11) is 2.03. The van der Waals surface area contributed by atoms with Gasteiger partial charge >= 0.3 is 0 Å². The molecule has 0 saturated carbocycles. The fraction of sp³-hybridized carbons (Fsp3) is 0.217. The third-order valence-electron chi connectivity index (χ3n) is 4.80. The molecular formula is C23H27IN8. The number of rotatable bonds is 7. The molecule has 2 N–H and O–H groups in total. The quantitative estimate of drug-likeness (QED) is 0.210. The van der Waals surface area contributed by atoms with Crippen molar-refractivity contribution < 1.29 is 0 Å². The van der Waals surface area contributed by atoms with Gasteiger partial charge in [0.05, 0.1) is 18.4 Å². The Balaban J connectivity index is 0.00000289. The molecule has 0 aliphatic carbocycles. The molecule has 32 heavy (non-hydrogen) atoms. The number of aromatic amines is 1. The van der Waals surface area contributed by atoms with E-state index in [9.17, 15) is 0 Å². The molecule has 0 atom stereocenters. The van der Waals surface area contributed by atoms with Gasteiger partial charge in [0.25, 0.3) is 0 Å². The van der Waals surface area contributed by atoms with Crippen molar-refractivity contribution in [3.63, 3.8) is 0 Å². The first-order valence-corrected chi connectivity index (χ1v) is 10.3. The van der Waals surface area contributed by atoms with Crippen molar-refractivity contribution >= 4 is 29.9 Å².